The second-order valence-corrected chi connectivity index (χ2v) is 1.85. The molecule has 0 bridgehead atoms. The maximum Gasteiger partial charge on any atom is 0.234 e. The van der Waals surface area contributed by atoms with Gasteiger partial charge in [0.1, 0.15) is 6.29 Å². The average Bonchev–Trinajstić information content (AvgIpc) is 1.98. The first-order chi connectivity index (χ1) is 4.81. The molecule has 0 aliphatic rings. The molecule has 0 atom stereocenters. The monoisotopic (exact) mass is 139 g/mol. The molecule has 0 saturated carbocycles. The van der Waals surface area contributed by atoms with Crippen molar-refractivity contribution in [2.24, 2.45) is 4.99 Å². The Labute approximate surface area is 59.5 Å². The van der Waals surface area contributed by atoms with E-state index in [1.165, 1.54) is 6.08 Å². The summed E-state index contributed by atoms with van der Waals surface area (Å²) in [4.78, 5) is 22.8. The lowest BCUT2D eigenvalue weighted by molar-refractivity contribution is -0.105. The van der Waals surface area contributed by atoms with Crippen LogP contribution in [0.25, 0.3) is 0 Å². The van der Waals surface area contributed by atoms with E-state index >= 15 is 0 Å². The Morgan fingerprint density at radius 2 is 2.40 bits per heavy atom. The van der Waals surface area contributed by atoms with Gasteiger partial charge in [0, 0.05) is 0 Å². The van der Waals surface area contributed by atoms with Crippen molar-refractivity contribution >= 4 is 12.4 Å². The van der Waals surface area contributed by atoms with E-state index in [1.807, 2.05) is 0 Å². The van der Waals surface area contributed by atoms with Crippen molar-refractivity contribution in [3.63, 3.8) is 0 Å². The van der Waals surface area contributed by atoms with Crippen molar-refractivity contribution in [3.8, 4) is 0 Å². The molecule has 0 fully saturated rings. The van der Waals surface area contributed by atoms with E-state index in [4.69, 9.17) is 0 Å². The Hall–Kier alpha value is -1.21. The average molecular weight is 139 g/mol. The first kappa shape index (κ1) is 8.79. The molecule has 0 amide bonds. The van der Waals surface area contributed by atoms with Crippen LogP contribution in [-0.2, 0) is 9.59 Å². The van der Waals surface area contributed by atoms with E-state index in [0.29, 0.717) is 31.2 Å². The van der Waals surface area contributed by atoms with Crippen molar-refractivity contribution < 1.29 is 9.59 Å². The molecule has 3 nitrogen and oxygen atoms in total. The van der Waals surface area contributed by atoms with Gasteiger partial charge in [-0.2, -0.15) is 0 Å². The van der Waals surface area contributed by atoms with Gasteiger partial charge >= 0.3 is 0 Å². The van der Waals surface area contributed by atoms with Crippen LogP contribution < -0.4 is 0 Å². The van der Waals surface area contributed by atoms with E-state index < -0.39 is 0 Å². The third kappa shape index (κ3) is 4.94. The van der Waals surface area contributed by atoms with E-state index in [2.05, 4.69) is 11.6 Å². The quantitative estimate of drug-likeness (QED) is 0.186. The molecular weight excluding hydrogens is 130 g/mol. The fraction of sp³-hybridized carbons (Fsp3) is 0.429. The standard InChI is InChI=1S/C7H9NO2/c1-7(5-9)3-2-4-8-6-10/h5H,1-4H2. The van der Waals surface area contributed by atoms with Crippen molar-refractivity contribution in [1.82, 2.24) is 0 Å². The molecule has 0 aromatic heterocycles. The summed E-state index contributed by atoms with van der Waals surface area (Å²) in [5.74, 6) is 0. The second kappa shape index (κ2) is 5.92. The van der Waals surface area contributed by atoms with Crippen LogP contribution in [0.3, 0.4) is 0 Å². The minimum absolute atomic E-state index is 0.427. The van der Waals surface area contributed by atoms with Crippen LogP contribution in [-0.4, -0.2) is 18.9 Å². The molecule has 0 saturated heterocycles. The summed E-state index contributed by atoms with van der Waals surface area (Å²) < 4.78 is 0. The number of hydrogen-bond acceptors (Lipinski definition) is 3. The highest BCUT2D eigenvalue weighted by Gasteiger charge is 1.89. The van der Waals surface area contributed by atoms with Crippen molar-refractivity contribution in [3.05, 3.63) is 12.2 Å². The molecule has 0 aliphatic carbocycles. The van der Waals surface area contributed by atoms with E-state index in [0.717, 1.165) is 0 Å². The molecule has 0 radical (unpaired) electrons. The topological polar surface area (TPSA) is 46.5 Å². The first-order valence-electron chi connectivity index (χ1n) is 2.98. The lowest BCUT2D eigenvalue weighted by atomic mass is 10.2. The van der Waals surface area contributed by atoms with Crippen LogP contribution in [0.5, 0.6) is 0 Å². The van der Waals surface area contributed by atoms with Crippen molar-refractivity contribution in [2.75, 3.05) is 6.54 Å². The Kier molecular flexibility index (Phi) is 5.20. The van der Waals surface area contributed by atoms with Crippen LogP contribution in [0.4, 0.5) is 0 Å². The zero-order valence-electron chi connectivity index (χ0n) is 5.67. The Bertz CT molecular complexity index is 168. The molecular formula is C7H9NO2. The molecule has 10 heavy (non-hydrogen) atoms. The minimum Gasteiger partial charge on any atom is -0.298 e. The highest BCUT2D eigenvalue weighted by Crippen LogP contribution is 1.97. The molecule has 3 heteroatoms. The lowest BCUT2D eigenvalue weighted by Crippen LogP contribution is -1.85. The summed E-state index contributed by atoms with van der Waals surface area (Å²) in [6.07, 6.45) is 3.42. The van der Waals surface area contributed by atoms with Gasteiger partial charge in [0.05, 0.1) is 6.54 Å². The number of carbonyl (C=O) groups excluding carboxylic acids is 2. The predicted octanol–water partition coefficient (Wildman–Crippen LogP) is 0.857. The first-order valence-corrected chi connectivity index (χ1v) is 2.98. The fourth-order valence-electron chi connectivity index (χ4n) is 0.490. The molecule has 0 aromatic rings. The fourth-order valence-corrected chi connectivity index (χ4v) is 0.490. The third-order valence-corrected chi connectivity index (χ3v) is 0.999. The van der Waals surface area contributed by atoms with Gasteiger partial charge in [0.25, 0.3) is 0 Å². The van der Waals surface area contributed by atoms with Crippen LogP contribution in [0.2, 0.25) is 0 Å². The largest absolute Gasteiger partial charge is 0.298 e. The smallest absolute Gasteiger partial charge is 0.234 e. The van der Waals surface area contributed by atoms with Crippen molar-refractivity contribution in [1.29, 1.82) is 0 Å². The van der Waals surface area contributed by atoms with Gasteiger partial charge in [-0.15, -0.1) is 0 Å². The predicted molar refractivity (Wildman–Crippen MR) is 37.4 cm³/mol. The SMILES string of the molecule is C=C(C=O)CCCN=C=O. The minimum atomic E-state index is 0.427. The van der Waals surface area contributed by atoms with Gasteiger partial charge in [-0.25, -0.2) is 9.79 Å². The Morgan fingerprint density at radius 3 is 2.90 bits per heavy atom. The summed E-state index contributed by atoms with van der Waals surface area (Å²) in [5.41, 5.74) is 0.543. The number of aliphatic imine (C=N–C) groups is 1. The van der Waals surface area contributed by atoms with Crippen LogP contribution in [0.15, 0.2) is 17.1 Å². The summed E-state index contributed by atoms with van der Waals surface area (Å²) in [7, 11) is 0. The summed E-state index contributed by atoms with van der Waals surface area (Å²) in [6.45, 7) is 3.89. The van der Waals surface area contributed by atoms with E-state index in [1.54, 1.807) is 0 Å². The number of allylic oxidation sites excluding steroid dienone is 1. The molecule has 54 valence electrons. The number of isocyanates is 1. The van der Waals surface area contributed by atoms with Gasteiger partial charge in [0.2, 0.25) is 6.08 Å². The summed E-state index contributed by atoms with van der Waals surface area (Å²) in [6, 6.07) is 0. The van der Waals surface area contributed by atoms with Gasteiger partial charge in [-0.1, -0.05) is 6.58 Å². The second-order valence-electron chi connectivity index (χ2n) is 1.85. The van der Waals surface area contributed by atoms with Gasteiger partial charge in [-0.05, 0) is 18.4 Å². The Balaban J connectivity index is 3.27. The Morgan fingerprint density at radius 1 is 1.70 bits per heavy atom. The van der Waals surface area contributed by atoms with Crippen LogP contribution >= 0.6 is 0 Å². The van der Waals surface area contributed by atoms with E-state index in [-0.39, 0.29) is 0 Å². The molecule has 0 heterocycles. The number of carbonyl (C=O) groups is 1. The summed E-state index contributed by atoms with van der Waals surface area (Å²) in [5, 5.41) is 0. The lowest BCUT2D eigenvalue weighted by Gasteiger charge is -1.91. The molecule has 0 N–H and O–H groups in total. The van der Waals surface area contributed by atoms with Crippen LogP contribution in [0.1, 0.15) is 12.8 Å². The number of aldehydes is 1. The van der Waals surface area contributed by atoms with Gasteiger partial charge < -0.3 is 0 Å². The molecule has 0 unspecified atom stereocenters. The number of rotatable bonds is 5. The highest BCUT2D eigenvalue weighted by molar-refractivity contribution is 5.71. The van der Waals surface area contributed by atoms with E-state index in [9.17, 15) is 9.59 Å². The number of hydrogen-bond donors (Lipinski definition) is 0. The molecule has 0 spiro atoms. The zero-order chi connectivity index (χ0) is 7.82. The normalized spacial score (nSPS) is 8.00. The zero-order valence-corrected chi connectivity index (χ0v) is 5.67. The van der Waals surface area contributed by atoms with Crippen molar-refractivity contribution in [2.45, 2.75) is 12.8 Å². The molecule has 0 aromatic carbocycles. The number of nitrogens with zero attached hydrogens (tertiary/aromatic N) is 1. The highest BCUT2D eigenvalue weighted by atomic mass is 16.1. The maximum atomic E-state index is 9.96. The molecule has 0 rings (SSSR count). The third-order valence-electron chi connectivity index (χ3n) is 0.999. The summed E-state index contributed by atoms with van der Waals surface area (Å²) >= 11 is 0. The van der Waals surface area contributed by atoms with Gasteiger partial charge in [-0.3, -0.25) is 4.79 Å². The molecule has 0 aliphatic heterocycles. The van der Waals surface area contributed by atoms with Crippen LogP contribution in [0, 0.1) is 0 Å². The van der Waals surface area contributed by atoms with Gasteiger partial charge in [0.15, 0.2) is 0 Å². The maximum absolute atomic E-state index is 9.96.